The molecule has 1 aromatic heterocycles. The fourth-order valence-electron chi connectivity index (χ4n) is 3.23. The molecule has 1 aliphatic heterocycles. The van der Waals surface area contributed by atoms with Crippen molar-refractivity contribution in [3.8, 4) is 0 Å². The Bertz CT molecular complexity index is 722. The average molecular weight is 300 g/mol. The minimum absolute atomic E-state index is 0.0726. The van der Waals surface area contributed by atoms with Gasteiger partial charge in [-0.15, -0.1) is 0 Å². The molecular weight excluding hydrogens is 280 g/mol. The van der Waals surface area contributed by atoms with Crippen molar-refractivity contribution in [3.63, 3.8) is 0 Å². The lowest BCUT2D eigenvalue weighted by atomic mass is 9.98. The number of aryl methyl sites for hydroxylation is 1. The predicted octanol–water partition coefficient (Wildman–Crippen LogP) is 2.57. The molecule has 0 saturated carbocycles. The van der Waals surface area contributed by atoms with E-state index >= 15 is 0 Å². The zero-order valence-electron chi connectivity index (χ0n) is 12.6. The number of carbonyl (C=O) groups is 2. The monoisotopic (exact) mass is 300 g/mol. The number of amides is 1. The van der Waals surface area contributed by atoms with Crippen LogP contribution in [0.5, 0.6) is 0 Å². The maximum Gasteiger partial charge on any atom is 0.329 e. The highest BCUT2D eigenvalue weighted by atomic mass is 16.4. The molecule has 116 valence electrons. The Kier molecular flexibility index (Phi) is 3.64. The van der Waals surface area contributed by atoms with E-state index in [1.807, 2.05) is 24.4 Å². The Balaban J connectivity index is 1.68. The number of benzene rings is 1. The second kappa shape index (κ2) is 5.48. The number of hydrogen-bond acceptors (Lipinski definition) is 2. The van der Waals surface area contributed by atoms with Gasteiger partial charge in [0, 0.05) is 24.7 Å². The van der Waals surface area contributed by atoms with Gasteiger partial charge in [-0.25, -0.2) is 4.79 Å². The Morgan fingerprint density at radius 3 is 2.95 bits per heavy atom. The van der Waals surface area contributed by atoms with Crippen LogP contribution < -0.4 is 0 Å². The first-order valence-corrected chi connectivity index (χ1v) is 7.60. The molecule has 0 radical (unpaired) electrons. The first-order valence-electron chi connectivity index (χ1n) is 7.60. The van der Waals surface area contributed by atoms with Crippen LogP contribution in [0.1, 0.15) is 31.7 Å². The van der Waals surface area contributed by atoms with Gasteiger partial charge in [-0.1, -0.05) is 6.07 Å². The van der Waals surface area contributed by atoms with Crippen molar-refractivity contribution in [1.82, 2.24) is 9.88 Å². The van der Waals surface area contributed by atoms with Gasteiger partial charge in [0.15, 0.2) is 0 Å². The van der Waals surface area contributed by atoms with Gasteiger partial charge < -0.3 is 15.0 Å². The van der Waals surface area contributed by atoms with Crippen LogP contribution in [-0.2, 0) is 16.0 Å². The van der Waals surface area contributed by atoms with Crippen LogP contribution >= 0.6 is 0 Å². The molecule has 5 nitrogen and oxygen atoms in total. The highest BCUT2D eigenvalue weighted by Crippen LogP contribution is 2.30. The van der Waals surface area contributed by atoms with Gasteiger partial charge in [-0.2, -0.15) is 0 Å². The van der Waals surface area contributed by atoms with Crippen molar-refractivity contribution in [1.29, 1.82) is 0 Å². The quantitative estimate of drug-likeness (QED) is 0.911. The zero-order chi connectivity index (χ0) is 15.7. The fraction of sp³-hybridized carbons (Fsp3) is 0.412. The van der Waals surface area contributed by atoms with E-state index in [2.05, 4.69) is 11.1 Å². The number of likely N-dealkylation sites (tertiary alicyclic amines) is 1. The largest absolute Gasteiger partial charge is 0.480 e. The van der Waals surface area contributed by atoms with Crippen LogP contribution in [0.4, 0.5) is 0 Å². The first kappa shape index (κ1) is 14.6. The van der Waals surface area contributed by atoms with E-state index < -0.39 is 11.5 Å². The Labute approximate surface area is 128 Å². The average Bonchev–Trinajstić information content (AvgIpc) is 3.11. The summed E-state index contributed by atoms with van der Waals surface area (Å²) in [5.74, 6) is -0.983. The van der Waals surface area contributed by atoms with Crippen LogP contribution in [-0.4, -0.2) is 39.0 Å². The van der Waals surface area contributed by atoms with Gasteiger partial charge in [0.05, 0.1) is 0 Å². The lowest BCUT2D eigenvalue weighted by Crippen LogP contribution is -2.50. The van der Waals surface area contributed by atoms with Crippen LogP contribution in [0.25, 0.3) is 10.9 Å². The smallest absolute Gasteiger partial charge is 0.329 e. The second-order valence-electron chi connectivity index (χ2n) is 6.13. The SMILES string of the molecule is CC1(C(=O)O)CCCN1C(=O)CCc1ccc2[nH]ccc2c1. The Morgan fingerprint density at radius 2 is 2.18 bits per heavy atom. The number of carbonyl (C=O) groups excluding carboxylic acids is 1. The number of carboxylic acids is 1. The lowest BCUT2D eigenvalue weighted by molar-refractivity contribution is -0.155. The van der Waals surface area contributed by atoms with Crippen LogP contribution in [0.15, 0.2) is 30.5 Å². The van der Waals surface area contributed by atoms with E-state index in [4.69, 9.17) is 0 Å². The number of carboxylic acid groups (broad SMARTS) is 1. The zero-order valence-corrected chi connectivity index (χ0v) is 12.6. The summed E-state index contributed by atoms with van der Waals surface area (Å²) in [5.41, 5.74) is 1.13. The molecule has 22 heavy (non-hydrogen) atoms. The van der Waals surface area contributed by atoms with Gasteiger partial charge in [-0.3, -0.25) is 4.79 Å². The van der Waals surface area contributed by atoms with E-state index in [1.165, 1.54) is 4.90 Å². The van der Waals surface area contributed by atoms with Gasteiger partial charge in [0.1, 0.15) is 5.54 Å². The minimum Gasteiger partial charge on any atom is -0.480 e. The minimum atomic E-state index is -1.04. The summed E-state index contributed by atoms with van der Waals surface area (Å²) in [4.78, 5) is 28.5. The number of nitrogens with one attached hydrogen (secondary N) is 1. The maximum atomic E-state index is 12.4. The molecule has 1 saturated heterocycles. The molecule has 0 bridgehead atoms. The summed E-state index contributed by atoms with van der Waals surface area (Å²) in [5, 5.41) is 10.5. The summed E-state index contributed by atoms with van der Waals surface area (Å²) in [7, 11) is 0. The highest BCUT2D eigenvalue weighted by molar-refractivity contribution is 5.87. The number of aromatic nitrogens is 1. The number of fused-ring (bicyclic) bond motifs is 1. The molecule has 5 heteroatoms. The topological polar surface area (TPSA) is 73.4 Å². The van der Waals surface area contributed by atoms with Crippen LogP contribution in [0.2, 0.25) is 0 Å². The van der Waals surface area contributed by atoms with E-state index in [9.17, 15) is 14.7 Å². The van der Waals surface area contributed by atoms with Crippen molar-refractivity contribution in [2.75, 3.05) is 6.54 Å². The third-order valence-corrected chi connectivity index (χ3v) is 4.65. The number of rotatable bonds is 4. The van der Waals surface area contributed by atoms with Crippen molar-refractivity contribution in [2.24, 2.45) is 0 Å². The number of H-pyrrole nitrogens is 1. The van der Waals surface area contributed by atoms with Crippen LogP contribution in [0, 0.1) is 0 Å². The van der Waals surface area contributed by atoms with E-state index in [0.29, 0.717) is 25.8 Å². The Hall–Kier alpha value is -2.30. The molecule has 1 aromatic carbocycles. The molecule has 1 amide bonds. The molecule has 2 heterocycles. The molecule has 0 spiro atoms. The summed E-state index contributed by atoms with van der Waals surface area (Å²) < 4.78 is 0. The molecule has 3 rings (SSSR count). The highest BCUT2D eigenvalue weighted by Gasteiger charge is 2.45. The summed E-state index contributed by atoms with van der Waals surface area (Å²) in [6.07, 6.45) is 4.15. The molecule has 1 aliphatic rings. The summed E-state index contributed by atoms with van der Waals surface area (Å²) >= 11 is 0. The van der Waals surface area contributed by atoms with E-state index in [-0.39, 0.29) is 5.91 Å². The van der Waals surface area contributed by atoms with Crippen molar-refractivity contribution >= 4 is 22.8 Å². The molecule has 1 fully saturated rings. The van der Waals surface area contributed by atoms with E-state index in [0.717, 1.165) is 22.9 Å². The van der Waals surface area contributed by atoms with Crippen molar-refractivity contribution < 1.29 is 14.7 Å². The number of aromatic amines is 1. The third kappa shape index (κ3) is 2.47. The van der Waals surface area contributed by atoms with Gasteiger partial charge in [0.25, 0.3) is 0 Å². The third-order valence-electron chi connectivity index (χ3n) is 4.65. The van der Waals surface area contributed by atoms with Gasteiger partial charge >= 0.3 is 5.97 Å². The van der Waals surface area contributed by atoms with E-state index in [1.54, 1.807) is 6.92 Å². The first-order chi connectivity index (χ1) is 10.5. The van der Waals surface area contributed by atoms with Gasteiger partial charge in [-0.05, 0) is 55.3 Å². The molecular formula is C17H20N2O3. The van der Waals surface area contributed by atoms with Gasteiger partial charge in [0.2, 0.25) is 5.91 Å². The molecule has 2 aromatic rings. The summed E-state index contributed by atoms with van der Waals surface area (Å²) in [6, 6.07) is 8.08. The molecule has 1 unspecified atom stereocenters. The molecule has 2 N–H and O–H groups in total. The lowest BCUT2D eigenvalue weighted by Gasteiger charge is -2.31. The molecule has 0 aliphatic carbocycles. The normalized spacial score (nSPS) is 21.4. The predicted molar refractivity (Wildman–Crippen MR) is 83.6 cm³/mol. The van der Waals surface area contributed by atoms with Crippen molar-refractivity contribution in [3.05, 3.63) is 36.0 Å². The number of hydrogen-bond donors (Lipinski definition) is 2. The molecule has 1 atom stereocenters. The maximum absolute atomic E-state index is 12.4. The van der Waals surface area contributed by atoms with Crippen LogP contribution in [0.3, 0.4) is 0 Å². The standard InChI is InChI=1S/C17H20N2O3/c1-17(16(21)22)8-2-10-19(17)15(20)6-4-12-3-5-14-13(11-12)7-9-18-14/h3,5,7,9,11,18H,2,4,6,8,10H2,1H3,(H,21,22). The summed E-state index contributed by atoms with van der Waals surface area (Å²) in [6.45, 7) is 2.19. The van der Waals surface area contributed by atoms with Crippen molar-refractivity contribution in [2.45, 2.75) is 38.1 Å². The Morgan fingerprint density at radius 1 is 1.36 bits per heavy atom. The number of nitrogens with zero attached hydrogens (tertiary/aromatic N) is 1. The second-order valence-corrected chi connectivity index (χ2v) is 6.13. The number of aliphatic carboxylic acids is 1. The fourth-order valence-corrected chi connectivity index (χ4v) is 3.23.